The van der Waals surface area contributed by atoms with E-state index in [1.54, 1.807) is 24.3 Å². The van der Waals surface area contributed by atoms with Crippen LogP contribution in [-0.2, 0) is 20.2 Å². The molecular formula is C12H15ClN6O4S2. The van der Waals surface area contributed by atoms with E-state index in [9.17, 15) is 16.8 Å². The van der Waals surface area contributed by atoms with Crippen molar-refractivity contribution in [3.8, 4) is 0 Å². The second-order valence-corrected chi connectivity index (χ2v) is 9.04. The van der Waals surface area contributed by atoms with Crippen LogP contribution in [0.1, 0.15) is 5.56 Å². The van der Waals surface area contributed by atoms with Gasteiger partial charge in [-0.1, -0.05) is 29.8 Å². The maximum absolute atomic E-state index is 12.2. The first kappa shape index (κ1) is 19.5. The van der Waals surface area contributed by atoms with Gasteiger partial charge in [0.2, 0.25) is 0 Å². The third kappa shape index (κ3) is 4.22. The zero-order chi connectivity index (χ0) is 18.8. The van der Waals surface area contributed by atoms with Gasteiger partial charge in [0.05, 0.1) is 12.3 Å². The molecule has 25 heavy (non-hydrogen) atoms. The second kappa shape index (κ2) is 7.17. The molecule has 1 heterocycles. The Morgan fingerprint density at radius 3 is 2.52 bits per heavy atom. The van der Waals surface area contributed by atoms with E-state index in [4.69, 9.17) is 17.0 Å². The van der Waals surface area contributed by atoms with E-state index in [-0.39, 0.29) is 12.3 Å². The van der Waals surface area contributed by atoms with Crippen LogP contribution in [0.2, 0.25) is 5.02 Å². The van der Waals surface area contributed by atoms with E-state index in [2.05, 4.69) is 14.8 Å². The molecule has 2 N–H and O–H groups in total. The lowest BCUT2D eigenvalue weighted by Gasteiger charge is -2.09. The van der Waals surface area contributed by atoms with E-state index in [0.717, 1.165) is 10.6 Å². The molecule has 0 amide bonds. The van der Waals surface area contributed by atoms with Crippen LogP contribution in [-0.4, -0.2) is 61.7 Å². The normalized spacial score (nSPS) is 12.5. The summed E-state index contributed by atoms with van der Waals surface area (Å²) in [5.74, 6) is 0. The van der Waals surface area contributed by atoms with E-state index in [1.165, 1.54) is 14.1 Å². The predicted octanol–water partition coefficient (Wildman–Crippen LogP) is -0.0676. The molecule has 0 bridgehead atoms. The number of hydrogen-bond donors (Lipinski definition) is 2. The Kier molecular flexibility index (Phi) is 5.58. The lowest BCUT2D eigenvalue weighted by molar-refractivity contribution is 0.502. The van der Waals surface area contributed by atoms with Gasteiger partial charge in [-0.25, -0.2) is 18.1 Å². The van der Waals surface area contributed by atoms with Crippen molar-refractivity contribution in [2.45, 2.75) is 5.16 Å². The number of benzene rings is 1. The average molecular weight is 407 g/mol. The second-order valence-electron chi connectivity index (χ2n) is 4.97. The highest BCUT2D eigenvalue weighted by molar-refractivity contribution is 7.89. The highest BCUT2D eigenvalue weighted by Crippen LogP contribution is 2.15. The minimum absolute atomic E-state index is 0.0606. The summed E-state index contributed by atoms with van der Waals surface area (Å²) in [5, 5.41) is 11.0. The molecule has 2 rings (SSSR count). The number of aromatic nitrogens is 3. The molecule has 0 aliphatic rings. The van der Waals surface area contributed by atoms with Crippen molar-refractivity contribution in [3.63, 3.8) is 0 Å². The van der Waals surface area contributed by atoms with Crippen molar-refractivity contribution >= 4 is 37.5 Å². The topological polar surface area (TPSA) is 138 Å². The molecule has 0 unspecified atom stereocenters. The van der Waals surface area contributed by atoms with Crippen molar-refractivity contribution in [2.24, 2.45) is 0 Å². The number of sulfonamides is 1. The van der Waals surface area contributed by atoms with Gasteiger partial charge in [-0.15, -0.1) is 9.19 Å². The van der Waals surface area contributed by atoms with Crippen LogP contribution in [0, 0.1) is 5.41 Å². The van der Waals surface area contributed by atoms with Gasteiger partial charge in [0.15, 0.2) is 0 Å². The summed E-state index contributed by atoms with van der Waals surface area (Å²) >= 11 is 5.95. The first-order valence-electron chi connectivity index (χ1n) is 6.72. The monoisotopic (exact) mass is 406 g/mol. The molecule has 0 aliphatic carbocycles. The van der Waals surface area contributed by atoms with Crippen LogP contribution in [0.25, 0.3) is 0 Å². The molecule has 136 valence electrons. The Balaban J connectivity index is 2.17. The van der Waals surface area contributed by atoms with E-state index in [0.29, 0.717) is 14.7 Å². The molecule has 0 aliphatic heterocycles. The van der Waals surface area contributed by atoms with Crippen LogP contribution in [0.5, 0.6) is 0 Å². The molecule has 1 aromatic heterocycles. The lowest BCUT2D eigenvalue weighted by atomic mass is 10.1. The first-order chi connectivity index (χ1) is 11.6. The zero-order valence-corrected chi connectivity index (χ0v) is 15.6. The van der Waals surface area contributed by atoms with Gasteiger partial charge in [0.1, 0.15) is 6.33 Å². The van der Waals surface area contributed by atoms with Gasteiger partial charge in [-0.2, -0.15) is 12.7 Å². The SMILES string of the molecule is CN(C)S(=O)(=O)n1cnc(S(=O)(=O)NCC(=N)c2ccccc2Cl)n1. The molecule has 0 saturated carbocycles. The van der Waals surface area contributed by atoms with Crippen LogP contribution in [0.15, 0.2) is 35.7 Å². The smallest absolute Gasteiger partial charge is 0.303 e. The molecule has 0 saturated heterocycles. The van der Waals surface area contributed by atoms with Gasteiger partial charge < -0.3 is 5.41 Å². The molecule has 0 fully saturated rings. The summed E-state index contributed by atoms with van der Waals surface area (Å²) in [6, 6.07) is 6.51. The molecular weight excluding hydrogens is 392 g/mol. The van der Waals surface area contributed by atoms with Gasteiger partial charge in [0, 0.05) is 24.7 Å². The van der Waals surface area contributed by atoms with Crippen LogP contribution in [0.4, 0.5) is 0 Å². The third-order valence-corrected chi connectivity index (χ3v) is 6.12. The Morgan fingerprint density at radius 1 is 1.28 bits per heavy atom. The summed E-state index contributed by atoms with van der Waals surface area (Å²) < 4.78 is 51.6. The van der Waals surface area contributed by atoms with Crippen molar-refractivity contribution < 1.29 is 16.8 Å². The summed E-state index contributed by atoms with van der Waals surface area (Å²) in [6.07, 6.45) is 0.781. The first-order valence-corrected chi connectivity index (χ1v) is 9.98. The molecule has 0 radical (unpaired) electrons. The largest absolute Gasteiger partial charge is 0.323 e. The molecule has 1 aromatic carbocycles. The molecule has 0 atom stereocenters. The lowest BCUT2D eigenvalue weighted by Crippen LogP contribution is -2.32. The third-order valence-electron chi connectivity index (χ3n) is 3.03. The molecule has 0 spiro atoms. The number of halogens is 1. The highest BCUT2D eigenvalue weighted by atomic mass is 35.5. The van der Waals surface area contributed by atoms with Crippen molar-refractivity contribution in [3.05, 3.63) is 41.2 Å². The van der Waals surface area contributed by atoms with Gasteiger partial charge in [0.25, 0.3) is 15.2 Å². The molecule has 13 heteroatoms. The van der Waals surface area contributed by atoms with Crippen molar-refractivity contribution in [1.82, 2.24) is 23.2 Å². The Hall–Kier alpha value is -1.86. The minimum Gasteiger partial charge on any atom is -0.303 e. The maximum Gasteiger partial charge on any atom is 0.323 e. The van der Waals surface area contributed by atoms with E-state index < -0.39 is 25.4 Å². The number of hydrogen-bond acceptors (Lipinski definition) is 7. The van der Waals surface area contributed by atoms with Crippen LogP contribution < -0.4 is 4.72 Å². The quantitative estimate of drug-likeness (QED) is 0.617. The fraction of sp³-hybridized carbons (Fsp3) is 0.250. The zero-order valence-electron chi connectivity index (χ0n) is 13.2. The van der Waals surface area contributed by atoms with E-state index in [1.807, 2.05) is 0 Å². The fourth-order valence-corrected chi connectivity index (χ4v) is 3.50. The fourth-order valence-electron chi connectivity index (χ4n) is 1.67. The molecule has 10 nitrogen and oxygen atoms in total. The summed E-state index contributed by atoms with van der Waals surface area (Å²) in [4.78, 5) is 3.50. The Bertz CT molecular complexity index is 1000. The van der Waals surface area contributed by atoms with Crippen LogP contribution >= 0.6 is 11.6 Å². The number of nitrogens with one attached hydrogen (secondary N) is 2. The summed E-state index contributed by atoms with van der Waals surface area (Å²) in [6.45, 7) is -0.360. The van der Waals surface area contributed by atoms with Gasteiger partial charge in [-0.3, -0.25) is 0 Å². The van der Waals surface area contributed by atoms with Crippen molar-refractivity contribution in [1.29, 1.82) is 5.41 Å². The Morgan fingerprint density at radius 2 is 1.92 bits per heavy atom. The maximum atomic E-state index is 12.2. The van der Waals surface area contributed by atoms with Crippen LogP contribution in [0.3, 0.4) is 0 Å². The van der Waals surface area contributed by atoms with Crippen molar-refractivity contribution in [2.75, 3.05) is 20.6 Å². The number of nitrogens with zero attached hydrogens (tertiary/aromatic N) is 4. The average Bonchev–Trinajstić information content (AvgIpc) is 3.04. The van der Waals surface area contributed by atoms with Gasteiger partial charge in [-0.05, 0) is 6.07 Å². The summed E-state index contributed by atoms with van der Waals surface area (Å²) in [5.41, 5.74) is 0.315. The standard InChI is InChI=1S/C12H15ClN6O4S2/c1-18(2)25(22,23)19-8-15-12(17-19)24(20,21)16-7-11(14)9-5-3-4-6-10(9)13/h3-6,8,14,16H,7H2,1-2H3. The predicted molar refractivity (Wildman–Crippen MR) is 91.5 cm³/mol. The Labute approximate surface area is 150 Å². The minimum atomic E-state index is -4.20. The number of rotatable bonds is 7. The van der Waals surface area contributed by atoms with Gasteiger partial charge >= 0.3 is 10.2 Å². The summed E-state index contributed by atoms with van der Waals surface area (Å²) in [7, 11) is -5.63. The van der Waals surface area contributed by atoms with E-state index >= 15 is 0 Å². The molecule has 2 aromatic rings. The highest BCUT2D eigenvalue weighted by Gasteiger charge is 2.25.